The molecule has 9 heteroatoms. The fourth-order valence-electron chi connectivity index (χ4n) is 2.22. The Balaban J connectivity index is 2.42. The standard InChI is InChI=1S/C15H20BClF3NO3/c1-14(2)15(3,4)24-16(23-14)9-5-10(18)11(19)12(20)13(9)21-7-8(22)6-17/h5,8,21-22H,6-7H2,1-4H3. The van der Waals surface area contributed by atoms with Gasteiger partial charge in [0.25, 0.3) is 0 Å². The van der Waals surface area contributed by atoms with Crippen LogP contribution in [0.2, 0.25) is 0 Å². The van der Waals surface area contributed by atoms with E-state index in [1.54, 1.807) is 27.7 Å². The zero-order chi connectivity index (χ0) is 18.3. The number of hydrogen-bond donors (Lipinski definition) is 2. The van der Waals surface area contributed by atoms with Crippen LogP contribution in [0.1, 0.15) is 27.7 Å². The van der Waals surface area contributed by atoms with Crippen molar-refractivity contribution in [2.45, 2.75) is 45.0 Å². The first-order valence-corrected chi connectivity index (χ1v) is 8.04. The summed E-state index contributed by atoms with van der Waals surface area (Å²) in [5, 5.41) is 12.1. The third-order valence-electron chi connectivity index (χ3n) is 4.39. The van der Waals surface area contributed by atoms with Crippen molar-refractivity contribution in [2.75, 3.05) is 17.7 Å². The maximum Gasteiger partial charge on any atom is 0.497 e. The molecule has 0 spiro atoms. The van der Waals surface area contributed by atoms with Crippen molar-refractivity contribution in [3.05, 3.63) is 23.5 Å². The maximum absolute atomic E-state index is 14.2. The quantitative estimate of drug-likeness (QED) is 0.478. The molecular weight excluding hydrogens is 345 g/mol. The van der Waals surface area contributed by atoms with Crippen molar-refractivity contribution in [1.29, 1.82) is 0 Å². The molecule has 0 aromatic heterocycles. The predicted molar refractivity (Wildman–Crippen MR) is 87.2 cm³/mol. The molecule has 1 aromatic rings. The number of nitrogens with one attached hydrogen (secondary N) is 1. The van der Waals surface area contributed by atoms with Gasteiger partial charge in [0.15, 0.2) is 17.5 Å². The molecular formula is C15H20BClF3NO3. The zero-order valence-electron chi connectivity index (χ0n) is 13.9. The lowest BCUT2D eigenvalue weighted by Gasteiger charge is -2.32. The normalized spacial score (nSPS) is 20.3. The third kappa shape index (κ3) is 3.52. The Kier molecular flexibility index (Phi) is 5.44. The topological polar surface area (TPSA) is 50.7 Å². The van der Waals surface area contributed by atoms with E-state index in [-0.39, 0.29) is 23.6 Å². The monoisotopic (exact) mass is 365 g/mol. The second-order valence-electron chi connectivity index (χ2n) is 6.73. The average molecular weight is 366 g/mol. The van der Waals surface area contributed by atoms with Gasteiger partial charge in [-0.2, -0.15) is 0 Å². The van der Waals surface area contributed by atoms with Crippen molar-refractivity contribution in [2.24, 2.45) is 0 Å². The summed E-state index contributed by atoms with van der Waals surface area (Å²) in [4.78, 5) is 0. The number of anilines is 1. The second-order valence-corrected chi connectivity index (χ2v) is 7.04. The summed E-state index contributed by atoms with van der Waals surface area (Å²) in [6.07, 6.45) is -0.981. The summed E-state index contributed by atoms with van der Waals surface area (Å²) in [6.45, 7) is 7.00. The molecule has 1 heterocycles. The first-order valence-electron chi connectivity index (χ1n) is 7.51. The van der Waals surface area contributed by atoms with E-state index in [1.807, 2.05) is 0 Å². The first kappa shape index (κ1) is 19.4. The van der Waals surface area contributed by atoms with Crippen molar-refractivity contribution in [3.63, 3.8) is 0 Å². The molecule has 1 fully saturated rings. The highest BCUT2D eigenvalue weighted by Gasteiger charge is 2.52. The molecule has 2 N–H and O–H groups in total. The lowest BCUT2D eigenvalue weighted by molar-refractivity contribution is 0.00578. The minimum absolute atomic E-state index is 0.0215. The van der Waals surface area contributed by atoms with Crippen LogP contribution in [0.25, 0.3) is 0 Å². The Morgan fingerprint density at radius 1 is 1.17 bits per heavy atom. The molecule has 0 amide bonds. The number of aliphatic hydroxyl groups excluding tert-OH is 1. The van der Waals surface area contributed by atoms with Crippen LogP contribution in [0.3, 0.4) is 0 Å². The van der Waals surface area contributed by atoms with Crippen LogP contribution in [-0.4, -0.2) is 42.0 Å². The van der Waals surface area contributed by atoms with Gasteiger partial charge in [0.2, 0.25) is 0 Å². The van der Waals surface area contributed by atoms with Crippen LogP contribution in [0, 0.1) is 17.5 Å². The Bertz CT molecular complexity index is 614. The molecule has 2 rings (SSSR count). The maximum atomic E-state index is 14.2. The summed E-state index contributed by atoms with van der Waals surface area (Å²) in [5.74, 6) is -4.45. The van der Waals surface area contributed by atoms with Crippen LogP contribution >= 0.6 is 11.6 Å². The SMILES string of the molecule is CC1(C)OB(c2cc(F)c(F)c(F)c2NCC(O)CCl)OC1(C)C. The Morgan fingerprint density at radius 3 is 2.21 bits per heavy atom. The summed E-state index contributed by atoms with van der Waals surface area (Å²) >= 11 is 5.49. The van der Waals surface area contributed by atoms with Crippen LogP contribution in [0.15, 0.2) is 6.07 Å². The fourth-order valence-corrected chi connectivity index (χ4v) is 2.33. The smallest absolute Gasteiger partial charge is 0.399 e. The van der Waals surface area contributed by atoms with Crippen LogP contribution in [0.5, 0.6) is 0 Å². The lowest BCUT2D eigenvalue weighted by atomic mass is 9.77. The van der Waals surface area contributed by atoms with Gasteiger partial charge in [-0.25, -0.2) is 13.2 Å². The molecule has 1 aliphatic rings. The van der Waals surface area contributed by atoms with Crippen LogP contribution in [-0.2, 0) is 9.31 Å². The highest BCUT2D eigenvalue weighted by Crippen LogP contribution is 2.37. The highest BCUT2D eigenvalue weighted by atomic mass is 35.5. The molecule has 0 radical (unpaired) electrons. The minimum Gasteiger partial charge on any atom is -0.399 e. The Morgan fingerprint density at radius 2 is 1.71 bits per heavy atom. The van der Waals surface area contributed by atoms with Crippen LogP contribution < -0.4 is 10.8 Å². The van der Waals surface area contributed by atoms with Crippen molar-refractivity contribution >= 4 is 29.9 Å². The molecule has 1 aromatic carbocycles. The van der Waals surface area contributed by atoms with Gasteiger partial charge in [-0.15, -0.1) is 11.6 Å². The summed E-state index contributed by atoms with van der Waals surface area (Å²) in [7, 11) is -1.09. The second kappa shape index (κ2) is 6.75. The molecule has 1 aliphatic heterocycles. The average Bonchev–Trinajstić information content (AvgIpc) is 2.71. The van der Waals surface area contributed by atoms with Gasteiger partial charge < -0.3 is 19.7 Å². The number of rotatable bonds is 5. The van der Waals surface area contributed by atoms with Crippen molar-refractivity contribution in [3.8, 4) is 0 Å². The molecule has 0 aliphatic carbocycles. The van der Waals surface area contributed by atoms with E-state index in [1.165, 1.54) is 0 Å². The van der Waals surface area contributed by atoms with Gasteiger partial charge in [-0.05, 0) is 33.8 Å². The van der Waals surface area contributed by atoms with Gasteiger partial charge in [0.1, 0.15) is 0 Å². The number of halogens is 4. The zero-order valence-corrected chi connectivity index (χ0v) is 14.7. The van der Waals surface area contributed by atoms with Gasteiger partial charge in [0, 0.05) is 12.0 Å². The van der Waals surface area contributed by atoms with Crippen molar-refractivity contribution in [1.82, 2.24) is 0 Å². The van der Waals surface area contributed by atoms with Gasteiger partial charge in [-0.3, -0.25) is 0 Å². The lowest BCUT2D eigenvalue weighted by Crippen LogP contribution is -2.41. The van der Waals surface area contributed by atoms with E-state index in [0.29, 0.717) is 0 Å². The molecule has 4 nitrogen and oxygen atoms in total. The predicted octanol–water partition coefficient (Wildman–Crippen LogP) is 2.41. The highest BCUT2D eigenvalue weighted by molar-refractivity contribution is 6.64. The Hall–Kier alpha value is -0.955. The van der Waals surface area contributed by atoms with Crippen LogP contribution in [0.4, 0.5) is 18.9 Å². The number of alkyl halides is 1. The first-order chi connectivity index (χ1) is 11.0. The van der Waals surface area contributed by atoms with Crippen molar-refractivity contribution < 1.29 is 27.6 Å². The largest absolute Gasteiger partial charge is 0.497 e. The van der Waals surface area contributed by atoms with Gasteiger partial charge >= 0.3 is 7.12 Å². The van der Waals surface area contributed by atoms with E-state index in [0.717, 1.165) is 6.07 Å². The Labute approximate surface area is 144 Å². The third-order valence-corrected chi connectivity index (χ3v) is 4.75. The van der Waals surface area contributed by atoms with E-state index < -0.39 is 41.9 Å². The van der Waals surface area contributed by atoms with E-state index in [4.69, 9.17) is 20.9 Å². The number of hydrogen-bond acceptors (Lipinski definition) is 4. The van der Waals surface area contributed by atoms with Gasteiger partial charge in [-0.1, -0.05) is 0 Å². The van der Waals surface area contributed by atoms with E-state index in [2.05, 4.69) is 5.32 Å². The minimum atomic E-state index is -1.61. The summed E-state index contributed by atoms with van der Waals surface area (Å²) in [5.41, 5.74) is -1.80. The number of aliphatic hydroxyl groups is 1. The molecule has 1 atom stereocenters. The number of benzene rings is 1. The summed E-state index contributed by atoms with van der Waals surface area (Å²) in [6, 6.07) is 0.829. The van der Waals surface area contributed by atoms with E-state index >= 15 is 0 Å². The molecule has 1 unspecified atom stereocenters. The van der Waals surface area contributed by atoms with E-state index in [9.17, 15) is 18.3 Å². The molecule has 0 bridgehead atoms. The molecule has 1 saturated heterocycles. The summed E-state index contributed by atoms with van der Waals surface area (Å²) < 4.78 is 53.1. The fraction of sp³-hybridized carbons (Fsp3) is 0.600. The molecule has 24 heavy (non-hydrogen) atoms. The van der Waals surface area contributed by atoms with Gasteiger partial charge in [0.05, 0.1) is 28.9 Å². The molecule has 134 valence electrons. The molecule has 0 saturated carbocycles.